The Morgan fingerprint density at radius 2 is 1.93 bits per heavy atom. The van der Waals surface area contributed by atoms with Crippen molar-refractivity contribution in [3.05, 3.63) is 64.1 Å². The SMILES string of the molecule is CCOc1ccccc1/C=C1/SC(=O)N(CC(=O)Nc2cc(C)ccc2C)C1=O. The largest absolute Gasteiger partial charge is 0.493 e. The van der Waals surface area contributed by atoms with Gasteiger partial charge in [0, 0.05) is 11.3 Å². The summed E-state index contributed by atoms with van der Waals surface area (Å²) in [5, 5.41) is 2.31. The van der Waals surface area contributed by atoms with Crippen LogP contribution in [0.5, 0.6) is 5.75 Å². The standard InChI is InChI=1S/C22H22N2O4S/c1-4-28-18-8-6-5-7-16(18)12-19-21(26)24(22(27)29-19)13-20(25)23-17-11-14(2)9-10-15(17)3/h5-12H,4,13H2,1-3H3,(H,23,25)/b19-12+. The molecule has 2 aromatic rings. The molecule has 0 spiro atoms. The van der Waals surface area contributed by atoms with Crippen LogP contribution in [0.2, 0.25) is 0 Å². The Kier molecular flexibility index (Phi) is 6.39. The highest BCUT2D eigenvalue weighted by Crippen LogP contribution is 2.34. The van der Waals surface area contributed by atoms with E-state index in [1.807, 2.05) is 57.2 Å². The van der Waals surface area contributed by atoms with Crippen LogP contribution in [0.3, 0.4) is 0 Å². The lowest BCUT2D eigenvalue weighted by atomic mass is 10.1. The Morgan fingerprint density at radius 1 is 1.17 bits per heavy atom. The number of para-hydroxylation sites is 1. The maximum Gasteiger partial charge on any atom is 0.294 e. The van der Waals surface area contributed by atoms with Gasteiger partial charge in [0.1, 0.15) is 12.3 Å². The van der Waals surface area contributed by atoms with Crippen molar-refractivity contribution in [2.75, 3.05) is 18.5 Å². The molecule has 1 N–H and O–H groups in total. The van der Waals surface area contributed by atoms with Gasteiger partial charge in [-0.2, -0.15) is 0 Å². The molecule has 1 aliphatic rings. The molecule has 29 heavy (non-hydrogen) atoms. The molecule has 0 aromatic heterocycles. The zero-order chi connectivity index (χ0) is 21.0. The fraction of sp³-hybridized carbons (Fsp3) is 0.227. The second kappa shape index (κ2) is 8.96. The van der Waals surface area contributed by atoms with Crippen LogP contribution < -0.4 is 10.1 Å². The Bertz CT molecular complexity index is 1000. The molecule has 1 fully saturated rings. The minimum atomic E-state index is -0.484. The van der Waals surface area contributed by atoms with E-state index in [4.69, 9.17) is 4.74 Å². The third-order valence-corrected chi connectivity index (χ3v) is 5.26. The number of nitrogens with one attached hydrogen (secondary N) is 1. The number of rotatable bonds is 6. The Hall–Kier alpha value is -3.06. The van der Waals surface area contributed by atoms with E-state index in [1.54, 1.807) is 12.1 Å². The van der Waals surface area contributed by atoms with Gasteiger partial charge in [0.05, 0.1) is 11.5 Å². The van der Waals surface area contributed by atoms with E-state index in [2.05, 4.69) is 5.32 Å². The van der Waals surface area contributed by atoms with Crippen molar-refractivity contribution < 1.29 is 19.1 Å². The van der Waals surface area contributed by atoms with Crippen LogP contribution in [-0.4, -0.2) is 35.1 Å². The van der Waals surface area contributed by atoms with Gasteiger partial charge in [0.25, 0.3) is 11.1 Å². The first kappa shape index (κ1) is 20.7. The van der Waals surface area contributed by atoms with Gasteiger partial charge in [-0.25, -0.2) is 0 Å². The molecule has 1 saturated heterocycles. The van der Waals surface area contributed by atoms with Crippen LogP contribution in [0, 0.1) is 13.8 Å². The van der Waals surface area contributed by atoms with Crippen molar-refractivity contribution in [2.45, 2.75) is 20.8 Å². The minimum absolute atomic E-state index is 0.265. The van der Waals surface area contributed by atoms with Gasteiger partial charge in [-0.3, -0.25) is 19.3 Å². The molecule has 150 valence electrons. The van der Waals surface area contributed by atoms with E-state index >= 15 is 0 Å². The van der Waals surface area contributed by atoms with E-state index in [0.29, 0.717) is 23.6 Å². The summed E-state index contributed by atoms with van der Waals surface area (Å²) in [6, 6.07) is 13.0. The highest BCUT2D eigenvalue weighted by molar-refractivity contribution is 8.18. The van der Waals surface area contributed by atoms with Crippen LogP contribution in [0.25, 0.3) is 6.08 Å². The lowest BCUT2D eigenvalue weighted by molar-refractivity contribution is -0.127. The predicted molar refractivity (Wildman–Crippen MR) is 115 cm³/mol. The monoisotopic (exact) mass is 410 g/mol. The molecular weight excluding hydrogens is 388 g/mol. The molecular formula is C22H22N2O4S. The summed E-state index contributed by atoms with van der Waals surface area (Å²) in [7, 11) is 0. The smallest absolute Gasteiger partial charge is 0.294 e. The molecule has 0 saturated carbocycles. The fourth-order valence-electron chi connectivity index (χ4n) is 2.87. The van der Waals surface area contributed by atoms with E-state index in [-0.39, 0.29) is 11.4 Å². The van der Waals surface area contributed by atoms with Gasteiger partial charge in [-0.05, 0) is 61.9 Å². The van der Waals surface area contributed by atoms with Crippen molar-refractivity contribution in [1.29, 1.82) is 0 Å². The van der Waals surface area contributed by atoms with E-state index in [0.717, 1.165) is 27.8 Å². The number of hydrogen-bond acceptors (Lipinski definition) is 5. The van der Waals surface area contributed by atoms with Gasteiger partial charge in [0.2, 0.25) is 5.91 Å². The molecule has 0 bridgehead atoms. The number of thioether (sulfide) groups is 1. The second-order valence-corrected chi connectivity index (χ2v) is 7.60. The van der Waals surface area contributed by atoms with Gasteiger partial charge in [0.15, 0.2) is 0 Å². The van der Waals surface area contributed by atoms with Gasteiger partial charge in [-0.1, -0.05) is 30.3 Å². The van der Waals surface area contributed by atoms with E-state index in [9.17, 15) is 14.4 Å². The van der Waals surface area contributed by atoms with Crippen molar-refractivity contribution in [1.82, 2.24) is 4.90 Å². The summed E-state index contributed by atoms with van der Waals surface area (Å²) in [4.78, 5) is 38.7. The molecule has 0 atom stereocenters. The summed E-state index contributed by atoms with van der Waals surface area (Å²) in [6.45, 7) is 5.84. The number of anilines is 1. The molecule has 0 aliphatic carbocycles. The Labute approximate surface area is 173 Å². The number of aryl methyl sites for hydroxylation is 2. The molecule has 7 heteroatoms. The number of ether oxygens (including phenoxy) is 1. The maximum atomic E-state index is 12.7. The van der Waals surface area contributed by atoms with E-state index in [1.165, 1.54) is 0 Å². The summed E-state index contributed by atoms with van der Waals surface area (Å²) in [5.74, 6) is -0.270. The zero-order valence-corrected chi connectivity index (χ0v) is 17.3. The van der Waals surface area contributed by atoms with Crippen molar-refractivity contribution in [3.8, 4) is 5.75 Å². The average Bonchev–Trinajstić information content (AvgIpc) is 2.94. The first-order valence-corrected chi connectivity index (χ1v) is 10.0. The normalized spacial score (nSPS) is 15.1. The molecule has 0 radical (unpaired) electrons. The molecule has 1 heterocycles. The molecule has 2 aromatic carbocycles. The number of carbonyl (C=O) groups excluding carboxylic acids is 3. The predicted octanol–water partition coefficient (Wildman–Crippen LogP) is 4.38. The zero-order valence-electron chi connectivity index (χ0n) is 16.5. The quantitative estimate of drug-likeness (QED) is 0.716. The van der Waals surface area contributed by atoms with E-state index < -0.39 is 17.1 Å². The first-order valence-electron chi connectivity index (χ1n) is 9.23. The number of carbonyl (C=O) groups is 3. The second-order valence-electron chi connectivity index (χ2n) is 6.61. The minimum Gasteiger partial charge on any atom is -0.493 e. The van der Waals surface area contributed by atoms with Gasteiger partial charge >= 0.3 is 0 Å². The van der Waals surface area contributed by atoms with Crippen LogP contribution >= 0.6 is 11.8 Å². The van der Waals surface area contributed by atoms with Gasteiger partial charge < -0.3 is 10.1 Å². The van der Waals surface area contributed by atoms with Crippen LogP contribution in [0.4, 0.5) is 10.5 Å². The third kappa shape index (κ3) is 4.86. The topological polar surface area (TPSA) is 75.7 Å². The summed E-state index contributed by atoms with van der Waals surface area (Å²) in [6.07, 6.45) is 1.62. The summed E-state index contributed by atoms with van der Waals surface area (Å²) >= 11 is 0.820. The molecule has 1 aliphatic heterocycles. The van der Waals surface area contributed by atoms with Crippen molar-refractivity contribution in [3.63, 3.8) is 0 Å². The molecule has 3 amide bonds. The van der Waals surface area contributed by atoms with Gasteiger partial charge in [-0.15, -0.1) is 0 Å². The Balaban J connectivity index is 1.74. The lowest BCUT2D eigenvalue weighted by Gasteiger charge is -2.14. The van der Waals surface area contributed by atoms with Crippen molar-refractivity contribution in [2.24, 2.45) is 0 Å². The summed E-state index contributed by atoms with van der Waals surface area (Å²) < 4.78 is 5.56. The summed E-state index contributed by atoms with van der Waals surface area (Å²) in [5.41, 5.74) is 3.29. The first-order chi connectivity index (χ1) is 13.9. The fourth-order valence-corrected chi connectivity index (χ4v) is 3.70. The van der Waals surface area contributed by atoms with Crippen molar-refractivity contribution >= 4 is 40.6 Å². The van der Waals surface area contributed by atoms with Crippen LogP contribution in [0.1, 0.15) is 23.6 Å². The number of imide groups is 1. The van der Waals surface area contributed by atoms with Crippen LogP contribution in [-0.2, 0) is 9.59 Å². The maximum absolute atomic E-state index is 12.7. The number of amides is 3. The highest BCUT2D eigenvalue weighted by Gasteiger charge is 2.36. The molecule has 0 unspecified atom stereocenters. The average molecular weight is 410 g/mol. The number of benzene rings is 2. The number of nitrogens with zero attached hydrogens (tertiary/aromatic N) is 1. The van der Waals surface area contributed by atoms with Crippen LogP contribution in [0.15, 0.2) is 47.4 Å². The molecule has 6 nitrogen and oxygen atoms in total. The molecule has 3 rings (SSSR count). The lowest BCUT2D eigenvalue weighted by Crippen LogP contribution is -2.36. The third-order valence-electron chi connectivity index (χ3n) is 4.35. The number of hydrogen-bond donors (Lipinski definition) is 1. The Morgan fingerprint density at radius 3 is 2.69 bits per heavy atom. The highest BCUT2D eigenvalue weighted by atomic mass is 32.2.